The average Bonchev–Trinajstić information content (AvgIpc) is 2.46. The van der Waals surface area contributed by atoms with Crippen LogP contribution in [0, 0.1) is 11.8 Å². The van der Waals surface area contributed by atoms with Crippen molar-refractivity contribution in [2.45, 2.75) is 52.1 Å². The van der Waals surface area contributed by atoms with E-state index < -0.39 is 11.7 Å². The van der Waals surface area contributed by atoms with Crippen LogP contribution in [-0.4, -0.2) is 24.0 Å². The lowest BCUT2D eigenvalue weighted by atomic mass is 9.89. The van der Waals surface area contributed by atoms with E-state index >= 15 is 0 Å². The molecule has 23 heavy (non-hydrogen) atoms. The predicted octanol–water partition coefficient (Wildman–Crippen LogP) is 3.47. The fourth-order valence-electron chi connectivity index (χ4n) is 2.41. The first kappa shape index (κ1) is 17.1. The summed E-state index contributed by atoms with van der Waals surface area (Å²) in [5, 5.41) is 2.66. The van der Waals surface area contributed by atoms with Crippen LogP contribution in [0.25, 0.3) is 0 Å². The van der Waals surface area contributed by atoms with Crippen LogP contribution in [0.15, 0.2) is 18.2 Å². The van der Waals surface area contributed by atoms with E-state index in [0.29, 0.717) is 19.4 Å². The van der Waals surface area contributed by atoms with Crippen LogP contribution in [0.1, 0.15) is 61.5 Å². The molecule has 0 saturated carbocycles. The van der Waals surface area contributed by atoms with Crippen molar-refractivity contribution in [3.8, 4) is 11.8 Å². The predicted molar refractivity (Wildman–Crippen MR) is 89.4 cm³/mol. The number of fused-ring (bicyclic) bond motifs is 1. The number of ether oxygens (including phenoxy) is 1. The molecule has 0 spiro atoms. The van der Waals surface area contributed by atoms with Crippen LogP contribution >= 0.6 is 0 Å². The fourth-order valence-corrected chi connectivity index (χ4v) is 2.41. The fraction of sp³-hybridized carbons (Fsp3) is 0.474. The molecule has 0 bridgehead atoms. The number of carbonyl (C=O) groups excluding carboxylic acids is 2. The zero-order chi connectivity index (χ0) is 16.9. The summed E-state index contributed by atoms with van der Waals surface area (Å²) in [5.74, 6) is 6.26. The molecule has 0 fully saturated rings. The van der Waals surface area contributed by atoms with Crippen LogP contribution in [0.2, 0.25) is 0 Å². The summed E-state index contributed by atoms with van der Waals surface area (Å²) >= 11 is 0. The first-order valence-corrected chi connectivity index (χ1v) is 7.97. The number of nitrogens with one attached hydrogen (secondary N) is 1. The summed E-state index contributed by atoms with van der Waals surface area (Å²) in [5.41, 5.74) is 2.29. The first-order valence-electron chi connectivity index (χ1n) is 7.97. The Morgan fingerprint density at radius 2 is 2.09 bits per heavy atom. The Kier molecular flexibility index (Phi) is 5.44. The molecule has 0 saturated heterocycles. The van der Waals surface area contributed by atoms with Gasteiger partial charge in [-0.2, -0.15) is 0 Å². The third-order valence-corrected chi connectivity index (χ3v) is 3.41. The van der Waals surface area contributed by atoms with E-state index in [4.69, 9.17) is 4.74 Å². The number of hydrogen-bond donors (Lipinski definition) is 1. The summed E-state index contributed by atoms with van der Waals surface area (Å²) in [6.45, 7) is 5.91. The Morgan fingerprint density at radius 3 is 2.83 bits per heavy atom. The van der Waals surface area contributed by atoms with Gasteiger partial charge in [0, 0.05) is 30.5 Å². The van der Waals surface area contributed by atoms with Gasteiger partial charge in [-0.3, -0.25) is 4.79 Å². The molecule has 1 aliphatic carbocycles. The SMILES string of the molecule is CC(C)(C)OC(=O)NCCC#Cc1ccc2c(c1)C(=O)CCC2. The molecule has 0 atom stereocenters. The van der Waals surface area contributed by atoms with Crippen LogP contribution < -0.4 is 5.32 Å². The highest BCUT2D eigenvalue weighted by molar-refractivity contribution is 5.98. The van der Waals surface area contributed by atoms with Gasteiger partial charge in [-0.15, -0.1) is 0 Å². The minimum absolute atomic E-state index is 0.210. The van der Waals surface area contributed by atoms with Gasteiger partial charge in [-0.1, -0.05) is 17.9 Å². The van der Waals surface area contributed by atoms with E-state index in [2.05, 4.69) is 17.2 Å². The minimum Gasteiger partial charge on any atom is -0.444 e. The smallest absolute Gasteiger partial charge is 0.407 e. The molecule has 1 N–H and O–H groups in total. The molecule has 0 aromatic heterocycles. The topological polar surface area (TPSA) is 55.4 Å². The molecule has 4 nitrogen and oxygen atoms in total. The third-order valence-electron chi connectivity index (χ3n) is 3.41. The maximum atomic E-state index is 11.9. The molecule has 0 unspecified atom stereocenters. The number of ketones is 1. The second kappa shape index (κ2) is 7.32. The highest BCUT2D eigenvalue weighted by Gasteiger charge is 2.17. The molecule has 4 heteroatoms. The summed E-state index contributed by atoms with van der Waals surface area (Å²) in [4.78, 5) is 23.4. The number of carbonyl (C=O) groups is 2. The van der Waals surface area contributed by atoms with E-state index in [1.807, 2.05) is 39.0 Å². The number of benzene rings is 1. The molecule has 0 radical (unpaired) electrons. The lowest BCUT2D eigenvalue weighted by Crippen LogP contribution is -2.32. The van der Waals surface area contributed by atoms with Crippen LogP contribution in [0.5, 0.6) is 0 Å². The van der Waals surface area contributed by atoms with Gasteiger partial charge in [-0.25, -0.2) is 4.79 Å². The van der Waals surface area contributed by atoms with E-state index in [1.54, 1.807) is 0 Å². The Labute approximate surface area is 137 Å². The summed E-state index contributed by atoms with van der Waals surface area (Å²) < 4.78 is 5.14. The maximum Gasteiger partial charge on any atom is 0.407 e. The van der Waals surface area contributed by atoms with Gasteiger partial charge in [0.2, 0.25) is 0 Å². The molecule has 1 aromatic rings. The zero-order valence-electron chi connectivity index (χ0n) is 14.0. The van der Waals surface area contributed by atoms with Gasteiger partial charge in [0.15, 0.2) is 5.78 Å². The quantitative estimate of drug-likeness (QED) is 0.672. The van der Waals surface area contributed by atoms with Crippen molar-refractivity contribution in [2.75, 3.05) is 6.54 Å². The Morgan fingerprint density at radius 1 is 1.30 bits per heavy atom. The minimum atomic E-state index is -0.495. The highest BCUT2D eigenvalue weighted by Crippen LogP contribution is 2.22. The Hall–Kier alpha value is -2.28. The summed E-state index contributed by atoms with van der Waals surface area (Å²) in [6.07, 6.45) is 2.63. The monoisotopic (exact) mass is 313 g/mol. The molecule has 0 aliphatic heterocycles. The number of rotatable bonds is 2. The van der Waals surface area contributed by atoms with Crippen molar-refractivity contribution < 1.29 is 14.3 Å². The highest BCUT2D eigenvalue weighted by atomic mass is 16.6. The van der Waals surface area contributed by atoms with Gasteiger partial charge < -0.3 is 10.1 Å². The number of Topliss-reactive ketones (excluding diaryl/α,β-unsaturated/α-hetero) is 1. The summed E-state index contributed by atoms with van der Waals surface area (Å²) in [6, 6.07) is 5.83. The van der Waals surface area contributed by atoms with Gasteiger partial charge in [0.25, 0.3) is 0 Å². The van der Waals surface area contributed by atoms with E-state index in [1.165, 1.54) is 0 Å². The van der Waals surface area contributed by atoms with Gasteiger partial charge in [0.1, 0.15) is 5.60 Å². The van der Waals surface area contributed by atoms with Gasteiger partial charge in [-0.05, 0) is 51.3 Å². The van der Waals surface area contributed by atoms with Crippen LogP contribution in [0.3, 0.4) is 0 Å². The summed E-state index contributed by atoms with van der Waals surface area (Å²) in [7, 11) is 0. The molecule has 1 aromatic carbocycles. The van der Waals surface area contributed by atoms with Crippen molar-refractivity contribution in [1.82, 2.24) is 5.32 Å². The Bertz CT molecular complexity index is 659. The van der Waals surface area contributed by atoms with Crippen molar-refractivity contribution in [3.63, 3.8) is 0 Å². The molecular formula is C19H23NO3. The maximum absolute atomic E-state index is 11.9. The Balaban J connectivity index is 1.85. The number of hydrogen-bond acceptors (Lipinski definition) is 3. The van der Waals surface area contributed by atoms with Crippen molar-refractivity contribution in [3.05, 3.63) is 34.9 Å². The van der Waals surface area contributed by atoms with Crippen molar-refractivity contribution >= 4 is 11.9 Å². The third kappa shape index (κ3) is 5.45. The standard InChI is InChI=1S/C19H23NO3/c1-19(2,3)23-18(22)20-12-5-4-7-14-10-11-15-8-6-9-17(21)16(15)13-14/h10-11,13H,5-6,8-9,12H2,1-3H3,(H,20,22). The van der Waals surface area contributed by atoms with E-state index in [0.717, 1.165) is 29.5 Å². The second-order valence-electron chi connectivity index (χ2n) is 6.63. The lowest BCUT2D eigenvalue weighted by Gasteiger charge is -2.19. The second-order valence-corrected chi connectivity index (χ2v) is 6.63. The van der Waals surface area contributed by atoms with Gasteiger partial charge in [0.05, 0.1) is 0 Å². The number of aryl methyl sites for hydroxylation is 1. The number of amides is 1. The molecule has 2 rings (SSSR count). The van der Waals surface area contributed by atoms with Crippen LogP contribution in [-0.2, 0) is 11.2 Å². The van der Waals surface area contributed by atoms with Crippen LogP contribution in [0.4, 0.5) is 4.79 Å². The molecule has 1 amide bonds. The zero-order valence-corrected chi connectivity index (χ0v) is 14.0. The normalized spacial score (nSPS) is 13.6. The van der Waals surface area contributed by atoms with E-state index in [9.17, 15) is 9.59 Å². The molecule has 0 heterocycles. The lowest BCUT2D eigenvalue weighted by molar-refractivity contribution is 0.0529. The van der Waals surface area contributed by atoms with Crippen molar-refractivity contribution in [1.29, 1.82) is 0 Å². The van der Waals surface area contributed by atoms with Gasteiger partial charge >= 0.3 is 6.09 Å². The molecule has 122 valence electrons. The average molecular weight is 313 g/mol. The number of alkyl carbamates (subject to hydrolysis) is 1. The van der Waals surface area contributed by atoms with Crippen molar-refractivity contribution in [2.24, 2.45) is 0 Å². The molecule has 1 aliphatic rings. The first-order chi connectivity index (χ1) is 10.8. The largest absolute Gasteiger partial charge is 0.444 e. The van der Waals surface area contributed by atoms with E-state index in [-0.39, 0.29) is 5.78 Å². The molecular weight excluding hydrogens is 290 g/mol.